The Bertz CT molecular complexity index is 1550. The molecule has 43 heavy (non-hydrogen) atoms. The molecule has 5 rings (SSSR count). The summed E-state index contributed by atoms with van der Waals surface area (Å²) in [5.74, 6) is -1.51. The molecule has 0 aliphatic carbocycles. The van der Waals surface area contributed by atoms with Crippen LogP contribution < -0.4 is 5.32 Å². The number of rotatable bonds is 12. The maximum absolute atomic E-state index is 13.7. The number of hydrogen-bond acceptors (Lipinski definition) is 4. The Kier molecular flexibility index (Phi) is 9.93. The first-order valence-corrected chi connectivity index (χ1v) is 14.7. The highest BCUT2D eigenvalue weighted by molar-refractivity contribution is 6.17. The minimum Gasteiger partial charge on any atom is -0.480 e. The number of benzene rings is 4. The van der Waals surface area contributed by atoms with E-state index < -0.39 is 17.9 Å². The summed E-state index contributed by atoms with van der Waals surface area (Å²) in [6.07, 6.45) is 3.92. The van der Waals surface area contributed by atoms with Gasteiger partial charge in [-0.1, -0.05) is 115 Å². The molecule has 0 aromatic heterocycles. The van der Waals surface area contributed by atoms with Gasteiger partial charge in [-0.25, -0.2) is 4.79 Å². The van der Waals surface area contributed by atoms with Crippen LogP contribution in [0.5, 0.6) is 0 Å². The molecule has 1 saturated heterocycles. The lowest BCUT2D eigenvalue weighted by Gasteiger charge is -2.25. The van der Waals surface area contributed by atoms with E-state index in [0.717, 1.165) is 30.5 Å². The van der Waals surface area contributed by atoms with E-state index in [1.165, 1.54) is 5.56 Å². The smallest absolute Gasteiger partial charge is 0.329 e. The van der Waals surface area contributed by atoms with Gasteiger partial charge in [-0.15, -0.1) is 6.58 Å². The summed E-state index contributed by atoms with van der Waals surface area (Å²) in [4.78, 5) is 33.7. The van der Waals surface area contributed by atoms with E-state index in [1.54, 1.807) is 6.08 Å². The van der Waals surface area contributed by atoms with Crippen LogP contribution in [0.3, 0.4) is 0 Å². The zero-order valence-corrected chi connectivity index (χ0v) is 24.2. The lowest BCUT2D eigenvalue weighted by atomic mass is 9.88. The zero-order valence-electron chi connectivity index (χ0n) is 24.2. The van der Waals surface area contributed by atoms with Gasteiger partial charge >= 0.3 is 5.97 Å². The second-order valence-electron chi connectivity index (χ2n) is 10.8. The van der Waals surface area contributed by atoms with Crippen LogP contribution in [0.2, 0.25) is 0 Å². The summed E-state index contributed by atoms with van der Waals surface area (Å²) >= 11 is 0. The van der Waals surface area contributed by atoms with E-state index >= 15 is 0 Å². The first kappa shape index (κ1) is 29.7. The monoisotopic (exact) mass is 571 g/mol. The van der Waals surface area contributed by atoms with Crippen molar-refractivity contribution >= 4 is 23.3 Å². The van der Waals surface area contributed by atoms with E-state index in [-0.39, 0.29) is 11.9 Å². The van der Waals surface area contributed by atoms with Crippen LogP contribution in [0.1, 0.15) is 47.4 Å². The number of carbonyl (C=O) groups excluding carboxylic acids is 1. The minimum absolute atomic E-state index is 0.0723. The number of nitrogens with zero attached hydrogens (tertiary/aromatic N) is 2. The first-order valence-electron chi connectivity index (χ1n) is 14.7. The van der Waals surface area contributed by atoms with Gasteiger partial charge in [-0.2, -0.15) is 0 Å². The van der Waals surface area contributed by atoms with E-state index in [0.29, 0.717) is 29.9 Å². The normalized spacial score (nSPS) is 16.7. The van der Waals surface area contributed by atoms with E-state index in [9.17, 15) is 14.7 Å². The second kappa shape index (κ2) is 14.4. The molecule has 0 saturated carbocycles. The number of para-hydroxylation sites is 1. The Morgan fingerprint density at radius 1 is 0.907 bits per heavy atom. The fraction of sp³-hybridized carbons (Fsp3) is 0.216. The number of anilines is 1. The third kappa shape index (κ3) is 7.34. The number of carbonyl (C=O) groups is 2. The number of allylic oxidation sites excluding steroid dienone is 1. The van der Waals surface area contributed by atoms with Crippen LogP contribution in [0.15, 0.2) is 133 Å². The van der Waals surface area contributed by atoms with Crippen LogP contribution >= 0.6 is 0 Å². The van der Waals surface area contributed by atoms with Gasteiger partial charge in [0.15, 0.2) is 6.04 Å². The summed E-state index contributed by atoms with van der Waals surface area (Å²) in [7, 11) is 0. The number of amides is 1. The fourth-order valence-electron chi connectivity index (χ4n) is 5.82. The first-order chi connectivity index (χ1) is 21.0. The van der Waals surface area contributed by atoms with Gasteiger partial charge in [0.05, 0.1) is 17.4 Å². The van der Waals surface area contributed by atoms with E-state index in [2.05, 4.69) is 28.9 Å². The average Bonchev–Trinajstić information content (AvgIpc) is 3.51. The summed E-state index contributed by atoms with van der Waals surface area (Å²) in [6.45, 7) is 5.45. The highest BCUT2D eigenvalue weighted by Gasteiger charge is 2.32. The Hall–Kier alpha value is -4.81. The molecule has 4 aromatic rings. The van der Waals surface area contributed by atoms with Crippen molar-refractivity contribution in [2.75, 3.05) is 11.9 Å². The third-order valence-electron chi connectivity index (χ3n) is 7.93. The van der Waals surface area contributed by atoms with Crippen molar-refractivity contribution in [1.82, 2.24) is 4.90 Å². The number of hydrogen-bond donors (Lipinski definition) is 2. The largest absolute Gasteiger partial charge is 0.480 e. The van der Waals surface area contributed by atoms with Crippen molar-refractivity contribution in [2.24, 2.45) is 4.99 Å². The second-order valence-corrected chi connectivity index (χ2v) is 10.8. The average molecular weight is 572 g/mol. The topological polar surface area (TPSA) is 82.0 Å². The molecule has 1 amide bonds. The molecule has 1 fully saturated rings. The number of likely N-dealkylation sites (tertiary alicyclic amines) is 1. The molecule has 1 aliphatic rings. The van der Waals surface area contributed by atoms with Crippen LogP contribution in [-0.4, -0.2) is 46.2 Å². The summed E-state index contributed by atoms with van der Waals surface area (Å²) in [5.41, 5.74) is 4.62. The number of aliphatic imine (C=N–C) groups is 1. The van der Waals surface area contributed by atoms with Crippen molar-refractivity contribution < 1.29 is 14.7 Å². The third-order valence-corrected chi connectivity index (χ3v) is 7.93. The van der Waals surface area contributed by atoms with Crippen LogP contribution in [0, 0.1) is 0 Å². The van der Waals surface area contributed by atoms with E-state index in [4.69, 9.17) is 4.99 Å². The molecular weight excluding hydrogens is 534 g/mol. The predicted octanol–water partition coefficient (Wildman–Crippen LogP) is 6.94. The molecule has 1 aliphatic heterocycles. The Labute approximate surface area is 253 Å². The molecule has 1 heterocycles. The standard InChI is InChI=1S/C37H37N3O3/c1-2-15-30(28-18-8-4-9-19-28)35(37(42)43)39-34(29-20-10-5-11-21-29)31-22-12-13-23-32(31)38-36(41)33-24-14-25-40(33)26-27-16-6-3-7-17-27/h2-13,16-23,30,33,35H,1,14-15,24-26H2,(H,38,41)(H,42,43)/t30-,33-,35-/m0/s1. The van der Waals surface area contributed by atoms with Gasteiger partial charge in [-0.05, 0) is 43.0 Å². The molecular formula is C37H37N3O3. The molecule has 0 spiro atoms. The number of carboxylic acids is 1. The van der Waals surface area contributed by atoms with Crippen molar-refractivity contribution in [3.8, 4) is 0 Å². The van der Waals surface area contributed by atoms with Crippen molar-refractivity contribution in [3.63, 3.8) is 0 Å². The molecule has 218 valence electrons. The van der Waals surface area contributed by atoms with Crippen molar-refractivity contribution in [3.05, 3.63) is 150 Å². The van der Waals surface area contributed by atoms with Crippen molar-refractivity contribution in [1.29, 1.82) is 0 Å². The Morgan fingerprint density at radius 2 is 1.53 bits per heavy atom. The maximum atomic E-state index is 13.7. The van der Waals surface area contributed by atoms with E-state index in [1.807, 2.05) is 103 Å². The predicted molar refractivity (Wildman–Crippen MR) is 172 cm³/mol. The Morgan fingerprint density at radius 3 is 2.21 bits per heavy atom. The van der Waals surface area contributed by atoms with Gasteiger partial charge in [0.25, 0.3) is 0 Å². The van der Waals surface area contributed by atoms with Gasteiger partial charge in [0, 0.05) is 23.6 Å². The SMILES string of the molecule is C=CC[C@@H](c1ccccc1)[C@H](N=C(c1ccccc1)c1ccccc1NC(=O)[C@@H]1CCCN1Cc1ccccc1)C(=O)O. The molecule has 2 N–H and O–H groups in total. The van der Waals surface area contributed by atoms with Crippen LogP contribution in [0.4, 0.5) is 5.69 Å². The lowest BCUT2D eigenvalue weighted by Crippen LogP contribution is -2.39. The summed E-state index contributed by atoms with van der Waals surface area (Å²) < 4.78 is 0. The van der Waals surface area contributed by atoms with Gasteiger partial charge < -0.3 is 10.4 Å². The molecule has 0 unspecified atom stereocenters. The number of carboxylic acid groups (broad SMARTS) is 1. The van der Waals surface area contributed by atoms with Crippen molar-refractivity contribution in [2.45, 2.75) is 43.8 Å². The van der Waals surface area contributed by atoms with Gasteiger partial charge in [0.1, 0.15) is 0 Å². The van der Waals surface area contributed by atoms with Gasteiger partial charge in [0.2, 0.25) is 5.91 Å². The Balaban J connectivity index is 1.51. The van der Waals surface area contributed by atoms with Gasteiger partial charge in [-0.3, -0.25) is 14.7 Å². The number of nitrogens with one attached hydrogen (secondary N) is 1. The van der Waals surface area contributed by atoms with Crippen LogP contribution in [0.25, 0.3) is 0 Å². The quantitative estimate of drug-likeness (QED) is 0.143. The summed E-state index contributed by atoms with van der Waals surface area (Å²) in [5, 5.41) is 13.6. The highest BCUT2D eigenvalue weighted by atomic mass is 16.4. The zero-order chi connectivity index (χ0) is 30.0. The molecule has 0 bridgehead atoms. The molecule has 0 radical (unpaired) electrons. The minimum atomic E-state index is -1.07. The maximum Gasteiger partial charge on any atom is 0.329 e. The fourth-order valence-corrected chi connectivity index (χ4v) is 5.82. The summed E-state index contributed by atoms with van der Waals surface area (Å²) in [6, 6.07) is 35.5. The molecule has 4 aromatic carbocycles. The van der Waals surface area contributed by atoms with Crippen LogP contribution in [-0.2, 0) is 16.1 Å². The highest BCUT2D eigenvalue weighted by Crippen LogP contribution is 2.30. The molecule has 3 atom stereocenters. The number of aliphatic carboxylic acids is 1. The molecule has 6 nitrogen and oxygen atoms in total. The molecule has 6 heteroatoms. The lowest BCUT2D eigenvalue weighted by molar-refractivity contribution is -0.139.